The minimum atomic E-state index is 0.0610. The highest BCUT2D eigenvalue weighted by Crippen LogP contribution is 2.29. The molecule has 30 heavy (non-hydrogen) atoms. The first kappa shape index (κ1) is 19.8. The van der Waals surface area contributed by atoms with Gasteiger partial charge in [-0.15, -0.1) is 0 Å². The topological polar surface area (TPSA) is 95.6 Å². The second kappa shape index (κ2) is 8.12. The summed E-state index contributed by atoms with van der Waals surface area (Å²) in [6, 6.07) is 12.4. The number of nitrogens with two attached hydrogens (primary N) is 1. The predicted molar refractivity (Wildman–Crippen MR) is 117 cm³/mol. The van der Waals surface area contributed by atoms with E-state index < -0.39 is 0 Å². The van der Waals surface area contributed by atoms with E-state index in [1.165, 1.54) is 0 Å². The van der Waals surface area contributed by atoms with E-state index >= 15 is 0 Å². The molecular weight excluding hydrogens is 378 g/mol. The van der Waals surface area contributed by atoms with Crippen LogP contribution in [0.5, 0.6) is 5.75 Å². The molecule has 2 heterocycles. The number of nitrogens with zero attached hydrogens (tertiary/aromatic N) is 4. The van der Waals surface area contributed by atoms with Crippen LogP contribution in [0.15, 0.2) is 48.7 Å². The molecule has 4 rings (SSSR count). The fraction of sp³-hybridized carbons (Fsp3) is 0.261. The molecule has 0 unspecified atom stereocenters. The third-order valence-electron chi connectivity index (χ3n) is 5.48. The van der Waals surface area contributed by atoms with Crippen molar-refractivity contribution >= 4 is 11.7 Å². The lowest BCUT2D eigenvalue weighted by atomic mass is 10.0. The highest BCUT2D eigenvalue weighted by molar-refractivity contribution is 5.95. The van der Waals surface area contributed by atoms with Gasteiger partial charge in [-0.2, -0.15) is 0 Å². The molecule has 154 valence electrons. The molecule has 2 aromatic carbocycles. The monoisotopic (exact) mass is 403 g/mol. The van der Waals surface area contributed by atoms with Crippen LogP contribution in [0.3, 0.4) is 0 Å². The van der Waals surface area contributed by atoms with Gasteiger partial charge in [-0.05, 0) is 55.9 Å². The predicted octanol–water partition coefficient (Wildman–Crippen LogP) is 2.79. The van der Waals surface area contributed by atoms with E-state index in [1.807, 2.05) is 30.0 Å². The Labute approximate surface area is 175 Å². The molecule has 0 spiro atoms. The molecule has 1 amide bonds. The molecule has 3 N–H and O–H groups in total. The lowest BCUT2D eigenvalue weighted by molar-refractivity contribution is 0.0664. The smallest absolute Gasteiger partial charge is 0.253 e. The largest absolute Gasteiger partial charge is 0.508 e. The molecular formula is C23H25N5O2. The molecule has 1 fully saturated rings. The Balaban J connectivity index is 1.62. The summed E-state index contributed by atoms with van der Waals surface area (Å²) in [7, 11) is 2.07. The van der Waals surface area contributed by atoms with E-state index in [1.54, 1.807) is 30.5 Å². The summed E-state index contributed by atoms with van der Waals surface area (Å²) in [5.41, 5.74) is 10.6. The van der Waals surface area contributed by atoms with Gasteiger partial charge in [-0.25, -0.2) is 9.97 Å². The van der Waals surface area contributed by atoms with E-state index in [2.05, 4.69) is 16.9 Å². The van der Waals surface area contributed by atoms with Gasteiger partial charge in [-0.3, -0.25) is 4.79 Å². The third kappa shape index (κ3) is 3.97. The molecule has 0 aliphatic carbocycles. The summed E-state index contributed by atoms with van der Waals surface area (Å²) in [4.78, 5) is 26.0. The van der Waals surface area contributed by atoms with Crippen LogP contribution in [0.2, 0.25) is 0 Å². The number of piperazine rings is 1. The fourth-order valence-corrected chi connectivity index (χ4v) is 3.64. The summed E-state index contributed by atoms with van der Waals surface area (Å²) in [5, 5.41) is 9.52. The average Bonchev–Trinajstić information content (AvgIpc) is 2.75. The van der Waals surface area contributed by atoms with Crippen molar-refractivity contribution in [2.75, 3.05) is 39.0 Å². The number of phenols is 1. The average molecular weight is 403 g/mol. The summed E-state index contributed by atoms with van der Waals surface area (Å²) < 4.78 is 0. The maximum absolute atomic E-state index is 12.9. The quantitative estimate of drug-likeness (QED) is 0.698. The van der Waals surface area contributed by atoms with Crippen LogP contribution in [0.1, 0.15) is 15.9 Å². The number of carbonyl (C=O) groups is 1. The van der Waals surface area contributed by atoms with Crippen LogP contribution in [0.25, 0.3) is 22.5 Å². The van der Waals surface area contributed by atoms with Crippen LogP contribution in [0.4, 0.5) is 5.82 Å². The number of benzene rings is 2. The van der Waals surface area contributed by atoms with Gasteiger partial charge in [0.25, 0.3) is 5.91 Å². The minimum absolute atomic E-state index is 0.0610. The zero-order valence-corrected chi connectivity index (χ0v) is 17.2. The second-order valence-electron chi connectivity index (χ2n) is 7.66. The van der Waals surface area contributed by atoms with Crippen molar-refractivity contribution in [3.8, 4) is 28.3 Å². The van der Waals surface area contributed by atoms with Gasteiger partial charge in [0.15, 0.2) is 0 Å². The molecule has 0 radical (unpaired) electrons. The number of aryl methyl sites for hydroxylation is 1. The summed E-state index contributed by atoms with van der Waals surface area (Å²) in [6.45, 7) is 5.24. The number of anilines is 1. The molecule has 0 bridgehead atoms. The first-order valence-electron chi connectivity index (χ1n) is 9.93. The first-order valence-corrected chi connectivity index (χ1v) is 9.93. The maximum atomic E-state index is 12.9. The number of aromatic nitrogens is 2. The molecule has 7 nitrogen and oxygen atoms in total. The van der Waals surface area contributed by atoms with Gasteiger partial charge in [0.05, 0.1) is 11.9 Å². The van der Waals surface area contributed by atoms with Gasteiger partial charge in [0.1, 0.15) is 17.3 Å². The van der Waals surface area contributed by atoms with Crippen molar-refractivity contribution in [3.63, 3.8) is 0 Å². The van der Waals surface area contributed by atoms with Gasteiger partial charge in [0.2, 0.25) is 0 Å². The Morgan fingerprint density at radius 2 is 1.77 bits per heavy atom. The maximum Gasteiger partial charge on any atom is 0.253 e. The number of likely N-dealkylation sites (N-methyl/N-ethyl adjacent to an activating group) is 1. The number of amides is 1. The van der Waals surface area contributed by atoms with Crippen molar-refractivity contribution < 1.29 is 9.90 Å². The second-order valence-corrected chi connectivity index (χ2v) is 7.66. The Morgan fingerprint density at radius 3 is 2.43 bits per heavy atom. The van der Waals surface area contributed by atoms with Crippen molar-refractivity contribution in [2.24, 2.45) is 0 Å². The number of carbonyl (C=O) groups excluding carboxylic acids is 1. The Morgan fingerprint density at radius 1 is 1.07 bits per heavy atom. The normalized spacial score (nSPS) is 14.7. The van der Waals surface area contributed by atoms with Crippen LogP contribution >= 0.6 is 0 Å². The number of hydrogen-bond acceptors (Lipinski definition) is 6. The number of aromatic hydroxyl groups is 1. The zero-order chi connectivity index (χ0) is 21.3. The summed E-state index contributed by atoms with van der Waals surface area (Å²) >= 11 is 0. The Hall–Kier alpha value is -3.45. The fourth-order valence-electron chi connectivity index (χ4n) is 3.64. The van der Waals surface area contributed by atoms with Crippen LogP contribution in [0, 0.1) is 6.92 Å². The van der Waals surface area contributed by atoms with E-state index in [9.17, 15) is 9.90 Å². The molecule has 1 aliphatic heterocycles. The Kier molecular flexibility index (Phi) is 5.37. The van der Waals surface area contributed by atoms with E-state index in [4.69, 9.17) is 10.7 Å². The molecule has 1 aromatic heterocycles. The lowest BCUT2D eigenvalue weighted by Gasteiger charge is -2.32. The highest BCUT2D eigenvalue weighted by Gasteiger charge is 2.21. The van der Waals surface area contributed by atoms with E-state index in [0.29, 0.717) is 22.8 Å². The first-order chi connectivity index (χ1) is 14.4. The lowest BCUT2D eigenvalue weighted by Crippen LogP contribution is -2.47. The van der Waals surface area contributed by atoms with Gasteiger partial charge < -0.3 is 20.6 Å². The third-order valence-corrected chi connectivity index (χ3v) is 5.48. The number of rotatable bonds is 3. The van der Waals surface area contributed by atoms with Crippen LogP contribution in [-0.4, -0.2) is 64.0 Å². The molecule has 1 saturated heterocycles. The summed E-state index contributed by atoms with van der Waals surface area (Å²) in [5.74, 6) is 0.563. The van der Waals surface area contributed by atoms with Crippen LogP contribution < -0.4 is 5.73 Å². The standard InChI is InChI=1S/C23H25N5O2/c1-15-13-17(23(30)28-11-9-27(2)10-12-28)5-8-19(15)20-14-25-22(24)21(26-20)16-3-6-18(29)7-4-16/h3-8,13-14,29H,9-12H2,1-2H3,(H2,24,25). The van der Waals surface area contributed by atoms with Crippen molar-refractivity contribution in [2.45, 2.75) is 6.92 Å². The van der Waals surface area contributed by atoms with Crippen molar-refractivity contribution in [1.29, 1.82) is 0 Å². The highest BCUT2D eigenvalue weighted by atomic mass is 16.3. The SMILES string of the molecule is Cc1cc(C(=O)N2CCN(C)CC2)ccc1-c1cnc(N)c(-c2ccc(O)cc2)n1. The Bertz CT molecular complexity index is 1070. The summed E-state index contributed by atoms with van der Waals surface area (Å²) in [6.07, 6.45) is 1.64. The molecule has 1 aliphatic rings. The van der Waals surface area contributed by atoms with Crippen LogP contribution in [-0.2, 0) is 0 Å². The van der Waals surface area contributed by atoms with Crippen molar-refractivity contribution in [3.05, 3.63) is 59.8 Å². The number of hydrogen-bond donors (Lipinski definition) is 2. The molecule has 3 aromatic rings. The van der Waals surface area contributed by atoms with Crippen molar-refractivity contribution in [1.82, 2.24) is 19.8 Å². The minimum Gasteiger partial charge on any atom is -0.508 e. The number of phenolic OH excluding ortho intramolecular Hbond substituents is 1. The van der Waals surface area contributed by atoms with Gasteiger partial charge >= 0.3 is 0 Å². The van der Waals surface area contributed by atoms with Gasteiger partial charge in [-0.1, -0.05) is 6.07 Å². The molecule has 7 heteroatoms. The van der Waals surface area contributed by atoms with E-state index in [0.717, 1.165) is 42.9 Å². The number of nitrogen functional groups attached to an aromatic ring is 1. The molecule has 0 atom stereocenters. The molecule has 0 saturated carbocycles. The van der Waals surface area contributed by atoms with E-state index in [-0.39, 0.29) is 11.7 Å². The van der Waals surface area contributed by atoms with Gasteiger partial charge in [0, 0.05) is 42.9 Å². The zero-order valence-electron chi connectivity index (χ0n) is 17.2.